The van der Waals surface area contributed by atoms with Gasteiger partial charge in [0.25, 0.3) is 8.60 Å². The second-order valence-corrected chi connectivity index (χ2v) is 11.6. The van der Waals surface area contributed by atoms with Gasteiger partial charge in [0.05, 0.1) is 0 Å². The molecule has 5 aromatic carbocycles. The van der Waals surface area contributed by atoms with Crippen LogP contribution in [-0.2, 0) is 0 Å². The highest BCUT2D eigenvalue weighted by atomic mass is 31.2. The first-order valence-corrected chi connectivity index (χ1v) is 15.3. The minimum Gasteiger partial charge on any atom is -0.437 e. The van der Waals surface area contributed by atoms with Crippen molar-refractivity contribution in [3.63, 3.8) is 0 Å². The van der Waals surface area contributed by atoms with Gasteiger partial charge in [0, 0.05) is 4.60 Å². The Kier molecular flexibility index (Phi) is 10.3. The molecule has 40 heavy (non-hydrogen) atoms. The van der Waals surface area contributed by atoms with Crippen molar-refractivity contribution in [1.29, 1.82) is 0 Å². The lowest BCUT2D eigenvalue weighted by Gasteiger charge is -2.30. The molecule has 0 N–H and O–H groups in total. The molecule has 0 aromatic heterocycles. The van der Waals surface area contributed by atoms with Crippen LogP contribution in [-0.4, -0.2) is 4.60 Å². The lowest BCUT2D eigenvalue weighted by atomic mass is 10.3. The lowest BCUT2D eigenvalue weighted by molar-refractivity contribution is 0.109. The van der Waals surface area contributed by atoms with Gasteiger partial charge < -0.3 is 22.9 Å². The minimum absolute atomic E-state index is 0.320. The SMILES string of the molecule is c1ccc(OP=NP(Oc2ccccc2)N(Oc2ccccc2)P(Oc2ccccc2)Oc2ccccc2)cc1. The number of nitrogens with zero attached hydrogens (tertiary/aromatic N) is 2. The Balaban J connectivity index is 1.53. The molecule has 0 saturated carbocycles. The summed E-state index contributed by atoms with van der Waals surface area (Å²) in [5.74, 6) is 3.09. The second kappa shape index (κ2) is 15.0. The van der Waals surface area contributed by atoms with Gasteiger partial charge in [0.2, 0.25) is 0 Å². The van der Waals surface area contributed by atoms with E-state index in [1.54, 1.807) is 4.60 Å². The van der Waals surface area contributed by atoms with E-state index < -0.39 is 17.0 Å². The van der Waals surface area contributed by atoms with Crippen molar-refractivity contribution in [3.8, 4) is 28.7 Å². The molecule has 0 bridgehead atoms. The fourth-order valence-corrected chi connectivity index (χ4v) is 6.85. The molecule has 0 spiro atoms. The predicted octanol–water partition coefficient (Wildman–Crippen LogP) is 10.1. The Hall–Kier alpha value is -3.98. The van der Waals surface area contributed by atoms with Gasteiger partial charge in [0.15, 0.2) is 0 Å². The fraction of sp³-hybridized carbons (Fsp3) is 0. The van der Waals surface area contributed by atoms with E-state index in [1.807, 2.05) is 152 Å². The van der Waals surface area contributed by atoms with Gasteiger partial charge in [-0.25, -0.2) is 0 Å². The van der Waals surface area contributed by atoms with Gasteiger partial charge in [-0.05, 0) is 60.7 Å². The van der Waals surface area contributed by atoms with Gasteiger partial charge in [0.1, 0.15) is 28.7 Å². The zero-order chi connectivity index (χ0) is 27.2. The first-order valence-electron chi connectivity index (χ1n) is 12.3. The van der Waals surface area contributed by atoms with Crippen LogP contribution in [0.4, 0.5) is 0 Å². The summed E-state index contributed by atoms with van der Waals surface area (Å²) in [4.78, 5) is 6.42. The monoisotopic (exact) mass is 586 g/mol. The number of rotatable bonds is 13. The molecule has 0 heterocycles. The van der Waals surface area contributed by atoms with E-state index in [4.69, 9.17) is 27.4 Å². The Labute approximate surface area is 237 Å². The van der Waals surface area contributed by atoms with E-state index in [2.05, 4.69) is 0 Å². The highest BCUT2D eigenvalue weighted by molar-refractivity contribution is 7.64. The third kappa shape index (κ3) is 8.51. The van der Waals surface area contributed by atoms with Crippen molar-refractivity contribution in [2.24, 2.45) is 4.52 Å². The predicted molar refractivity (Wildman–Crippen MR) is 160 cm³/mol. The molecule has 200 valence electrons. The highest BCUT2D eigenvalue weighted by Gasteiger charge is 2.39. The molecule has 0 radical (unpaired) electrons. The molecule has 0 aliphatic heterocycles. The van der Waals surface area contributed by atoms with Crippen LogP contribution >= 0.6 is 25.6 Å². The standard InChI is InChI=1S/C30H25N2O5P3/c1-6-16-26(17-7-1)33-32(40(36-29-22-12-4-13-23-29)37-30-24-14-5-15-25-30)39(35-28-20-10-3-11-21-28)31-38-34-27-18-8-2-9-19-27/h1-25H. The molecule has 0 saturated heterocycles. The molecule has 1 atom stereocenters. The van der Waals surface area contributed by atoms with Crippen LogP contribution in [0.15, 0.2) is 156 Å². The first-order chi connectivity index (χ1) is 19.8. The Morgan fingerprint density at radius 3 is 1.27 bits per heavy atom. The summed E-state index contributed by atoms with van der Waals surface area (Å²) in [6, 6.07) is 47.2. The highest BCUT2D eigenvalue weighted by Crippen LogP contribution is 2.59. The van der Waals surface area contributed by atoms with E-state index >= 15 is 0 Å². The van der Waals surface area contributed by atoms with Crippen LogP contribution in [0.1, 0.15) is 0 Å². The maximum absolute atomic E-state index is 6.42. The van der Waals surface area contributed by atoms with Gasteiger partial charge >= 0.3 is 17.0 Å². The maximum atomic E-state index is 6.42. The summed E-state index contributed by atoms with van der Waals surface area (Å²) >= 11 is 0. The zero-order valence-corrected chi connectivity index (χ0v) is 23.9. The summed E-state index contributed by atoms with van der Waals surface area (Å²) in [7, 11) is -3.50. The Morgan fingerprint density at radius 2 is 0.825 bits per heavy atom. The number of para-hydroxylation sites is 5. The molecule has 5 aromatic rings. The summed E-state index contributed by atoms with van der Waals surface area (Å²) < 4.78 is 31.4. The number of hydrogen-bond donors (Lipinski definition) is 0. The van der Waals surface area contributed by atoms with Crippen molar-refractivity contribution >= 4 is 25.6 Å². The van der Waals surface area contributed by atoms with Gasteiger partial charge in [-0.1, -0.05) is 91.0 Å². The van der Waals surface area contributed by atoms with Crippen LogP contribution in [0.25, 0.3) is 0 Å². The average Bonchev–Trinajstić information content (AvgIpc) is 3.02. The second-order valence-electron chi connectivity index (χ2n) is 7.94. The van der Waals surface area contributed by atoms with Crippen molar-refractivity contribution in [2.45, 2.75) is 0 Å². The van der Waals surface area contributed by atoms with E-state index in [0.717, 1.165) is 0 Å². The fourth-order valence-electron chi connectivity index (χ4n) is 3.18. The summed E-state index contributed by atoms with van der Waals surface area (Å²) in [6.07, 6.45) is 0. The molecule has 5 rings (SSSR count). The van der Waals surface area contributed by atoms with E-state index in [9.17, 15) is 0 Å². The zero-order valence-electron chi connectivity index (χ0n) is 21.2. The number of benzene rings is 5. The van der Waals surface area contributed by atoms with Gasteiger partial charge in [-0.3, -0.25) is 0 Å². The lowest BCUT2D eigenvalue weighted by Crippen LogP contribution is -2.23. The minimum atomic E-state index is -1.95. The third-order valence-corrected chi connectivity index (χ3v) is 8.94. The normalized spacial score (nSPS) is 11.8. The molecular formula is C30H25N2O5P3. The van der Waals surface area contributed by atoms with Crippen molar-refractivity contribution in [3.05, 3.63) is 152 Å². The van der Waals surface area contributed by atoms with Crippen LogP contribution < -0.4 is 22.9 Å². The molecule has 1 unspecified atom stereocenters. The molecule has 0 aliphatic carbocycles. The van der Waals surface area contributed by atoms with E-state index in [0.29, 0.717) is 37.3 Å². The maximum Gasteiger partial charge on any atom is 0.429 e. The molecule has 0 fully saturated rings. The molecule has 10 heteroatoms. The summed E-state index contributed by atoms with van der Waals surface area (Å²) in [6.45, 7) is 0. The largest absolute Gasteiger partial charge is 0.437 e. The van der Waals surface area contributed by atoms with Crippen LogP contribution in [0.3, 0.4) is 0 Å². The quantitative estimate of drug-likeness (QED) is 0.101. The van der Waals surface area contributed by atoms with Crippen molar-refractivity contribution in [2.75, 3.05) is 0 Å². The first kappa shape index (κ1) is 27.6. The molecule has 0 aliphatic rings. The molecule has 7 nitrogen and oxygen atoms in total. The smallest absolute Gasteiger partial charge is 0.429 e. The Bertz CT molecular complexity index is 1400. The van der Waals surface area contributed by atoms with Crippen LogP contribution in [0.5, 0.6) is 28.7 Å². The van der Waals surface area contributed by atoms with E-state index in [-0.39, 0.29) is 0 Å². The van der Waals surface area contributed by atoms with Gasteiger partial charge in [-0.2, -0.15) is 0 Å². The number of hydrogen-bond acceptors (Lipinski definition) is 7. The molecular weight excluding hydrogens is 561 g/mol. The third-order valence-electron chi connectivity index (χ3n) is 5.00. The van der Waals surface area contributed by atoms with Crippen LogP contribution in [0, 0.1) is 0 Å². The van der Waals surface area contributed by atoms with Crippen molar-refractivity contribution in [1.82, 2.24) is 4.60 Å². The Morgan fingerprint density at radius 1 is 0.450 bits per heavy atom. The van der Waals surface area contributed by atoms with Crippen LogP contribution in [0.2, 0.25) is 0 Å². The van der Waals surface area contributed by atoms with Gasteiger partial charge in [-0.15, -0.1) is 4.52 Å². The molecule has 0 amide bonds. The topological polar surface area (TPSA) is 61.8 Å². The van der Waals surface area contributed by atoms with Crippen molar-refractivity contribution < 1.29 is 22.9 Å². The summed E-state index contributed by atoms with van der Waals surface area (Å²) in [5, 5.41) is 0. The average molecular weight is 586 g/mol. The summed E-state index contributed by atoms with van der Waals surface area (Å²) in [5.41, 5.74) is 0. The van der Waals surface area contributed by atoms with E-state index in [1.165, 1.54) is 0 Å².